The highest BCUT2D eigenvalue weighted by atomic mass is 16.8. The Morgan fingerprint density at radius 1 is 0.875 bits per heavy atom. The number of hydrogen-bond acceptors (Lipinski definition) is 6. The van der Waals surface area contributed by atoms with Crippen molar-refractivity contribution in [3.8, 4) is 0 Å². The first kappa shape index (κ1) is 18.9. The molecule has 0 saturated carbocycles. The molecule has 2 unspecified atom stereocenters. The van der Waals surface area contributed by atoms with Gasteiger partial charge >= 0.3 is 0 Å². The van der Waals surface area contributed by atoms with E-state index in [1.165, 1.54) is 24.3 Å². The minimum absolute atomic E-state index is 0.0190. The number of nitrogens with zero attached hydrogens (tertiary/aromatic N) is 2. The molecule has 158 valence electrons. The maximum absolute atomic E-state index is 13.8. The van der Waals surface area contributed by atoms with Crippen LogP contribution in [-0.2, 0) is 19.8 Å². The summed E-state index contributed by atoms with van der Waals surface area (Å²) in [4.78, 5) is 41.5. The monoisotopic (exact) mass is 425 g/mol. The average molecular weight is 425 g/mol. The van der Waals surface area contributed by atoms with E-state index >= 15 is 0 Å². The van der Waals surface area contributed by atoms with Crippen LogP contribution in [-0.4, -0.2) is 23.3 Å². The van der Waals surface area contributed by atoms with Crippen LogP contribution < -0.4 is 10.1 Å². The average Bonchev–Trinajstić information content (AvgIpc) is 3.10. The summed E-state index contributed by atoms with van der Waals surface area (Å²) in [7, 11) is 0. The van der Waals surface area contributed by atoms with Crippen LogP contribution in [0.4, 0.5) is 11.4 Å². The second-order valence-electron chi connectivity index (χ2n) is 8.44. The van der Waals surface area contributed by atoms with Gasteiger partial charge in [0.05, 0.1) is 28.6 Å². The lowest BCUT2D eigenvalue weighted by Gasteiger charge is -2.51. The molecule has 7 heteroatoms. The molecule has 3 aromatic rings. The van der Waals surface area contributed by atoms with Crippen LogP contribution in [0.5, 0.6) is 0 Å². The second kappa shape index (κ2) is 6.35. The molecule has 32 heavy (non-hydrogen) atoms. The standard InChI is InChI=1S/C25H17N2O5/c28-13-25-18-7-3-1-5-16(18)20(17-6-2-4-8-19(17)25)21-22(25)24(30)26(23(21)29)14-9-11-15(12-10-14)27(31)32/h1-13,20-22,31H/q-1. The van der Waals surface area contributed by atoms with Gasteiger partial charge in [-0.3, -0.25) is 14.8 Å². The van der Waals surface area contributed by atoms with Crippen molar-refractivity contribution in [1.82, 2.24) is 0 Å². The van der Waals surface area contributed by atoms with Gasteiger partial charge in [0.25, 0.3) is 0 Å². The third-order valence-electron chi connectivity index (χ3n) is 7.20. The molecule has 0 radical (unpaired) electrons. The number of imide groups is 1. The van der Waals surface area contributed by atoms with E-state index in [0.29, 0.717) is 5.69 Å². The summed E-state index contributed by atoms with van der Waals surface area (Å²) in [5.41, 5.74) is 2.40. The van der Waals surface area contributed by atoms with Crippen molar-refractivity contribution in [1.29, 1.82) is 0 Å². The first-order valence-corrected chi connectivity index (χ1v) is 10.3. The van der Waals surface area contributed by atoms with Crippen molar-refractivity contribution in [2.45, 2.75) is 11.3 Å². The van der Waals surface area contributed by atoms with E-state index in [2.05, 4.69) is 0 Å². The van der Waals surface area contributed by atoms with Gasteiger partial charge in [-0.1, -0.05) is 48.5 Å². The van der Waals surface area contributed by atoms with E-state index in [9.17, 15) is 19.6 Å². The smallest absolute Gasteiger partial charge is 0.239 e. The topological polar surface area (TPSA) is 101 Å². The maximum atomic E-state index is 13.8. The molecule has 4 aliphatic rings. The first-order chi connectivity index (χ1) is 15.5. The molecule has 0 aromatic heterocycles. The number of hydrogen-bond donors (Lipinski definition) is 1. The predicted molar refractivity (Wildman–Crippen MR) is 115 cm³/mol. The van der Waals surface area contributed by atoms with Crippen molar-refractivity contribution in [2.24, 2.45) is 11.8 Å². The molecule has 2 atom stereocenters. The molecule has 1 heterocycles. The highest BCUT2D eigenvalue weighted by Gasteiger charge is 2.68. The summed E-state index contributed by atoms with van der Waals surface area (Å²) in [6.07, 6.45) is 0.830. The minimum atomic E-state index is -1.25. The molecule has 0 spiro atoms. The van der Waals surface area contributed by atoms with Crippen LogP contribution in [0.3, 0.4) is 0 Å². The summed E-state index contributed by atoms with van der Waals surface area (Å²) < 4.78 is 0. The summed E-state index contributed by atoms with van der Waals surface area (Å²) in [6, 6.07) is 20.6. The van der Waals surface area contributed by atoms with E-state index in [1.54, 1.807) is 0 Å². The van der Waals surface area contributed by atoms with Gasteiger partial charge in [-0.25, -0.2) is 4.90 Å². The molecule has 1 saturated heterocycles. The van der Waals surface area contributed by atoms with Crippen LogP contribution >= 0.6 is 0 Å². The normalized spacial score (nSPS) is 27.1. The van der Waals surface area contributed by atoms with Crippen LogP contribution in [0.1, 0.15) is 28.2 Å². The number of rotatable bonds is 3. The number of benzene rings is 3. The zero-order chi connectivity index (χ0) is 22.2. The number of carbonyl (C=O) groups is 3. The van der Waals surface area contributed by atoms with Crippen LogP contribution in [0.2, 0.25) is 0 Å². The summed E-state index contributed by atoms with van der Waals surface area (Å²) in [6.45, 7) is 0. The van der Waals surface area contributed by atoms with Gasteiger partial charge in [0.1, 0.15) is 6.29 Å². The largest absolute Gasteiger partial charge is 0.733 e. The van der Waals surface area contributed by atoms with Gasteiger partial charge in [0.15, 0.2) is 0 Å². The van der Waals surface area contributed by atoms with Crippen LogP contribution in [0.15, 0.2) is 72.8 Å². The summed E-state index contributed by atoms with van der Waals surface area (Å²) in [5.74, 6) is -2.68. The van der Waals surface area contributed by atoms with Gasteiger partial charge in [0, 0.05) is 5.92 Å². The molecule has 1 N–H and O–H groups in total. The van der Waals surface area contributed by atoms with E-state index < -0.39 is 23.2 Å². The minimum Gasteiger partial charge on any atom is -0.733 e. The highest BCUT2D eigenvalue weighted by molar-refractivity contribution is 6.24. The van der Waals surface area contributed by atoms with Gasteiger partial charge in [-0.05, 0) is 46.5 Å². The van der Waals surface area contributed by atoms with E-state index in [1.807, 2.05) is 48.5 Å². The fourth-order valence-electron chi connectivity index (χ4n) is 6.01. The zero-order valence-electron chi connectivity index (χ0n) is 16.7. The Kier molecular flexibility index (Phi) is 3.75. The van der Waals surface area contributed by atoms with Crippen molar-refractivity contribution < 1.29 is 19.6 Å². The molecule has 1 fully saturated rings. The number of anilines is 2. The summed E-state index contributed by atoms with van der Waals surface area (Å²) in [5, 5.41) is 19.9. The lowest BCUT2D eigenvalue weighted by molar-refractivity contribution is -0.128. The second-order valence-corrected chi connectivity index (χ2v) is 8.44. The lowest BCUT2D eigenvalue weighted by atomic mass is 9.48. The molecule has 3 aliphatic carbocycles. The van der Waals surface area contributed by atoms with E-state index in [0.717, 1.165) is 33.4 Å². The number of amides is 2. The zero-order valence-corrected chi connectivity index (χ0v) is 16.7. The Balaban J connectivity index is 1.58. The van der Waals surface area contributed by atoms with Gasteiger partial charge < -0.3 is 15.2 Å². The fourth-order valence-corrected chi connectivity index (χ4v) is 6.01. The molecule has 1 aliphatic heterocycles. The van der Waals surface area contributed by atoms with Crippen molar-refractivity contribution >= 4 is 29.5 Å². The molecule has 3 aromatic carbocycles. The number of carbonyl (C=O) groups excluding carboxylic acids is 3. The predicted octanol–water partition coefficient (Wildman–Crippen LogP) is 3.13. The molecule has 7 nitrogen and oxygen atoms in total. The lowest BCUT2D eigenvalue weighted by Crippen LogP contribution is -2.54. The van der Waals surface area contributed by atoms with Crippen LogP contribution in [0, 0.1) is 17.0 Å². The molecule has 7 rings (SSSR count). The van der Waals surface area contributed by atoms with Crippen molar-refractivity contribution in [3.05, 3.63) is 100 Å². The quantitative estimate of drug-likeness (QED) is 0.393. The highest BCUT2D eigenvalue weighted by Crippen LogP contribution is 2.63. The molecule has 2 amide bonds. The molecular weight excluding hydrogens is 408 g/mol. The van der Waals surface area contributed by atoms with Crippen molar-refractivity contribution in [3.63, 3.8) is 0 Å². The Bertz CT molecular complexity index is 1250. The van der Waals surface area contributed by atoms with Crippen LogP contribution in [0.25, 0.3) is 0 Å². The van der Waals surface area contributed by atoms with E-state index in [-0.39, 0.29) is 22.7 Å². The first-order valence-electron chi connectivity index (χ1n) is 10.3. The maximum Gasteiger partial charge on any atom is 0.239 e. The third kappa shape index (κ3) is 2.09. The summed E-state index contributed by atoms with van der Waals surface area (Å²) >= 11 is 0. The van der Waals surface area contributed by atoms with E-state index in [4.69, 9.17) is 5.21 Å². The Labute approximate surface area is 183 Å². The Morgan fingerprint density at radius 3 is 1.97 bits per heavy atom. The van der Waals surface area contributed by atoms with Gasteiger partial charge in [0.2, 0.25) is 11.8 Å². The Hall–Kier alpha value is -3.81. The van der Waals surface area contributed by atoms with Gasteiger partial charge in [-0.15, -0.1) is 0 Å². The third-order valence-corrected chi connectivity index (χ3v) is 7.20. The Morgan fingerprint density at radius 2 is 1.44 bits per heavy atom. The fraction of sp³-hybridized carbons (Fsp3) is 0.160. The molecular formula is C25H17N2O5-. The van der Waals surface area contributed by atoms with Crippen molar-refractivity contribution in [2.75, 3.05) is 10.1 Å². The van der Waals surface area contributed by atoms with Gasteiger partial charge in [-0.2, -0.15) is 0 Å². The number of aldehydes is 1. The molecule has 2 bridgehead atoms. The SMILES string of the molecule is O=CC12c3ccccc3C(c3ccccc31)C1C(=O)N(c3ccc(N([O-])O)cc3)C(=O)C12.